The van der Waals surface area contributed by atoms with E-state index >= 15 is 0 Å². The van der Waals surface area contributed by atoms with E-state index in [0.29, 0.717) is 16.5 Å². The summed E-state index contributed by atoms with van der Waals surface area (Å²) in [4.78, 5) is 39.2. The molecule has 1 atom stereocenters. The Morgan fingerprint density at radius 3 is 2.74 bits per heavy atom. The number of hydrogen-bond acceptors (Lipinski definition) is 5. The third kappa shape index (κ3) is 3.57. The van der Waals surface area contributed by atoms with Gasteiger partial charge in [0.1, 0.15) is 16.7 Å². The van der Waals surface area contributed by atoms with Gasteiger partial charge in [0.25, 0.3) is 5.91 Å². The van der Waals surface area contributed by atoms with E-state index in [9.17, 15) is 14.4 Å². The van der Waals surface area contributed by atoms with Gasteiger partial charge in [-0.25, -0.2) is 4.98 Å². The molecule has 0 radical (unpaired) electrons. The molecule has 118 valence electrons. The fourth-order valence-electron chi connectivity index (χ4n) is 2.17. The lowest BCUT2D eigenvalue weighted by molar-refractivity contribution is -0.134. The molecule has 6 nitrogen and oxygen atoms in total. The summed E-state index contributed by atoms with van der Waals surface area (Å²) in [7, 11) is 0. The number of halogens is 1. The van der Waals surface area contributed by atoms with Crippen molar-refractivity contribution < 1.29 is 14.4 Å². The van der Waals surface area contributed by atoms with E-state index in [1.807, 2.05) is 12.1 Å². The molecule has 2 N–H and O–H groups in total. The zero-order chi connectivity index (χ0) is 16.4. The molecule has 3 rings (SSSR count). The monoisotopic (exact) mass is 349 g/mol. The molecule has 1 aromatic heterocycles. The van der Waals surface area contributed by atoms with Crippen LogP contribution in [0, 0.1) is 0 Å². The van der Waals surface area contributed by atoms with Crippen LogP contribution in [-0.4, -0.2) is 28.7 Å². The number of benzene rings is 1. The summed E-state index contributed by atoms with van der Waals surface area (Å²) < 4.78 is 0. The topological polar surface area (TPSA) is 88.2 Å². The first-order chi connectivity index (χ1) is 11.0. The predicted molar refractivity (Wildman–Crippen MR) is 86.2 cm³/mol. The Morgan fingerprint density at radius 1 is 1.30 bits per heavy atom. The van der Waals surface area contributed by atoms with Gasteiger partial charge in [0.15, 0.2) is 0 Å². The highest BCUT2D eigenvalue weighted by molar-refractivity contribution is 7.13. The van der Waals surface area contributed by atoms with Gasteiger partial charge in [-0.05, 0) is 18.6 Å². The smallest absolute Gasteiger partial charge is 0.271 e. The Bertz CT molecular complexity index is 773. The molecule has 1 aliphatic rings. The molecule has 0 aliphatic carbocycles. The number of imide groups is 1. The fraction of sp³-hybridized carbons (Fsp3) is 0.200. The van der Waals surface area contributed by atoms with Crippen molar-refractivity contribution >= 4 is 40.7 Å². The Kier molecular flexibility index (Phi) is 4.40. The van der Waals surface area contributed by atoms with Crippen molar-refractivity contribution in [1.82, 2.24) is 15.6 Å². The standard InChI is InChI=1S/C15H12ClN3O3S/c16-9-3-1-8(2-4-9)15-18-11(7-23-15)14(22)17-10-5-6-12(20)19-13(10)21/h1-4,7,10H,5-6H2,(H,17,22)(H,19,20,21)/t10-/m1/s1. The predicted octanol–water partition coefficient (Wildman–Crippen LogP) is 2.00. The maximum Gasteiger partial charge on any atom is 0.271 e. The summed E-state index contributed by atoms with van der Waals surface area (Å²) in [5.41, 5.74) is 1.10. The van der Waals surface area contributed by atoms with Crippen LogP contribution in [0.5, 0.6) is 0 Å². The molecule has 1 aromatic carbocycles. The highest BCUT2D eigenvalue weighted by Crippen LogP contribution is 2.25. The molecule has 1 saturated heterocycles. The molecule has 1 aliphatic heterocycles. The van der Waals surface area contributed by atoms with Crippen molar-refractivity contribution in [2.24, 2.45) is 0 Å². The van der Waals surface area contributed by atoms with Crippen LogP contribution < -0.4 is 10.6 Å². The Morgan fingerprint density at radius 2 is 2.04 bits per heavy atom. The van der Waals surface area contributed by atoms with Gasteiger partial charge in [-0.2, -0.15) is 0 Å². The maximum atomic E-state index is 12.2. The van der Waals surface area contributed by atoms with E-state index in [-0.39, 0.29) is 18.0 Å². The van der Waals surface area contributed by atoms with Gasteiger partial charge in [0, 0.05) is 22.4 Å². The second-order valence-electron chi connectivity index (χ2n) is 5.02. The van der Waals surface area contributed by atoms with Crippen LogP contribution in [0.4, 0.5) is 0 Å². The van der Waals surface area contributed by atoms with Crippen molar-refractivity contribution in [3.63, 3.8) is 0 Å². The molecule has 0 spiro atoms. The molecule has 23 heavy (non-hydrogen) atoms. The minimum absolute atomic E-state index is 0.212. The summed E-state index contributed by atoms with van der Waals surface area (Å²) in [5.74, 6) is -1.24. The number of carbonyl (C=O) groups is 3. The van der Waals surface area contributed by atoms with Gasteiger partial charge in [0.2, 0.25) is 11.8 Å². The SMILES string of the molecule is O=C1CC[C@@H](NC(=O)c2csc(-c3ccc(Cl)cc3)n2)C(=O)N1. The molecule has 8 heteroatoms. The lowest BCUT2D eigenvalue weighted by Crippen LogP contribution is -2.52. The largest absolute Gasteiger partial charge is 0.339 e. The second-order valence-corrected chi connectivity index (χ2v) is 6.32. The highest BCUT2D eigenvalue weighted by Gasteiger charge is 2.28. The number of aromatic nitrogens is 1. The van der Waals surface area contributed by atoms with Crippen molar-refractivity contribution in [2.75, 3.05) is 0 Å². The van der Waals surface area contributed by atoms with Crippen molar-refractivity contribution in [3.8, 4) is 10.6 Å². The molecular formula is C15H12ClN3O3S. The van der Waals surface area contributed by atoms with Crippen LogP contribution in [0.3, 0.4) is 0 Å². The summed E-state index contributed by atoms with van der Waals surface area (Å²) in [5, 5.41) is 7.74. The quantitative estimate of drug-likeness (QED) is 0.829. The first kappa shape index (κ1) is 15.6. The Balaban J connectivity index is 1.70. The number of rotatable bonds is 3. The van der Waals surface area contributed by atoms with Crippen LogP contribution in [0.2, 0.25) is 5.02 Å². The average molecular weight is 350 g/mol. The third-order valence-electron chi connectivity index (χ3n) is 3.37. The summed E-state index contributed by atoms with van der Waals surface area (Å²) >= 11 is 7.17. The average Bonchev–Trinajstić information content (AvgIpc) is 3.01. The van der Waals surface area contributed by atoms with Crippen LogP contribution in [-0.2, 0) is 9.59 Å². The minimum atomic E-state index is -0.708. The van der Waals surface area contributed by atoms with Crippen LogP contribution in [0.15, 0.2) is 29.6 Å². The molecule has 0 saturated carbocycles. The lowest BCUT2D eigenvalue weighted by atomic mass is 10.1. The van der Waals surface area contributed by atoms with E-state index < -0.39 is 17.9 Å². The highest BCUT2D eigenvalue weighted by atomic mass is 35.5. The number of hydrogen-bond donors (Lipinski definition) is 2. The first-order valence-corrected chi connectivity index (χ1v) is 8.15. The lowest BCUT2D eigenvalue weighted by Gasteiger charge is -2.21. The van der Waals surface area contributed by atoms with E-state index in [2.05, 4.69) is 15.6 Å². The normalized spacial score (nSPS) is 17.7. The maximum absolute atomic E-state index is 12.2. The van der Waals surface area contributed by atoms with Gasteiger partial charge in [-0.15, -0.1) is 11.3 Å². The molecule has 2 heterocycles. The van der Waals surface area contributed by atoms with Crippen LogP contribution in [0.25, 0.3) is 10.6 Å². The van der Waals surface area contributed by atoms with Gasteiger partial charge in [0.05, 0.1) is 0 Å². The van der Waals surface area contributed by atoms with Crippen LogP contribution >= 0.6 is 22.9 Å². The fourth-order valence-corrected chi connectivity index (χ4v) is 3.10. The Hall–Kier alpha value is -2.25. The number of piperidine rings is 1. The first-order valence-electron chi connectivity index (χ1n) is 6.89. The number of carbonyl (C=O) groups excluding carboxylic acids is 3. The zero-order valence-electron chi connectivity index (χ0n) is 11.8. The minimum Gasteiger partial charge on any atom is -0.339 e. The Labute approximate surface area is 140 Å². The number of thiazole rings is 1. The van der Waals surface area contributed by atoms with Gasteiger partial charge in [-0.1, -0.05) is 23.7 Å². The zero-order valence-corrected chi connectivity index (χ0v) is 13.4. The summed E-state index contributed by atoms with van der Waals surface area (Å²) in [6, 6.07) is 6.44. The van der Waals surface area contributed by atoms with Gasteiger partial charge in [-0.3, -0.25) is 19.7 Å². The molecule has 3 amide bonds. The summed E-state index contributed by atoms with van der Waals surface area (Å²) in [6.45, 7) is 0. The van der Waals surface area contributed by atoms with E-state index in [4.69, 9.17) is 11.6 Å². The third-order valence-corrected chi connectivity index (χ3v) is 4.52. The van der Waals surface area contributed by atoms with E-state index in [0.717, 1.165) is 5.56 Å². The van der Waals surface area contributed by atoms with Gasteiger partial charge >= 0.3 is 0 Å². The van der Waals surface area contributed by atoms with Crippen molar-refractivity contribution in [2.45, 2.75) is 18.9 Å². The summed E-state index contributed by atoms with van der Waals surface area (Å²) in [6.07, 6.45) is 0.508. The van der Waals surface area contributed by atoms with E-state index in [1.54, 1.807) is 17.5 Å². The van der Waals surface area contributed by atoms with Gasteiger partial charge < -0.3 is 5.32 Å². The van der Waals surface area contributed by atoms with Crippen molar-refractivity contribution in [3.05, 3.63) is 40.4 Å². The molecule has 0 bridgehead atoms. The molecular weight excluding hydrogens is 338 g/mol. The van der Waals surface area contributed by atoms with Crippen molar-refractivity contribution in [1.29, 1.82) is 0 Å². The van der Waals surface area contributed by atoms with E-state index in [1.165, 1.54) is 11.3 Å². The van der Waals surface area contributed by atoms with Crippen LogP contribution in [0.1, 0.15) is 23.3 Å². The molecule has 2 aromatic rings. The second kappa shape index (κ2) is 6.47. The molecule has 0 unspecified atom stereocenters. The number of nitrogens with zero attached hydrogens (tertiary/aromatic N) is 1. The number of amides is 3. The molecule has 1 fully saturated rings. The number of nitrogens with one attached hydrogen (secondary N) is 2.